The number of nitrogen functional groups attached to an aromatic ring is 1. The Kier molecular flexibility index (Phi) is 5.24. The number of nitrogens with zero attached hydrogens (tertiary/aromatic N) is 3. The summed E-state index contributed by atoms with van der Waals surface area (Å²) in [6, 6.07) is 7.75. The van der Waals surface area contributed by atoms with Gasteiger partial charge in [-0.25, -0.2) is 4.68 Å². The second-order valence-corrected chi connectivity index (χ2v) is 6.56. The van der Waals surface area contributed by atoms with Gasteiger partial charge in [0.1, 0.15) is 0 Å². The smallest absolute Gasteiger partial charge is 0.230 e. The minimum Gasteiger partial charge on any atom is -0.353 e. The summed E-state index contributed by atoms with van der Waals surface area (Å²) in [5.74, 6) is 6.76. The Bertz CT molecular complexity index is 643. The summed E-state index contributed by atoms with van der Waals surface area (Å²) >= 11 is 4.66. The fourth-order valence-electron chi connectivity index (χ4n) is 1.69. The zero-order chi connectivity index (χ0) is 15.4. The van der Waals surface area contributed by atoms with Crippen molar-refractivity contribution in [3.63, 3.8) is 0 Å². The van der Waals surface area contributed by atoms with E-state index < -0.39 is 0 Å². The zero-order valence-electron chi connectivity index (χ0n) is 11.7. The molecule has 3 N–H and O–H groups in total. The molecule has 0 atom stereocenters. The highest BCUT2D eigenvalue weighted by atomic mass is 79.9. The molecule has 0 saturated heterocycles. The zero-order valence-corrected chi connectivity index (χ0v) is 14.1. The van der Waals surface area contributed by atoms with Crippen molar-refractivity contribution in [2.75, 3.05) is 11.6 Å². The Balaban J connectivity index is 2.09. The molecule has 6 nitrogen and oxygen atoms in total. The molecule has 1 aromatic carbocycles. The van der Waals surface area contributed by atoms with Crippen LogP contribution in [0, 0.1) is 0 Å². The monoisotopic (exact) mass is 369 g/mol. The Labute approximate surface area is 135 Å². The van der Waals surface area contributed by atoms with Crippen molar-refractivity contribution >= 4 is 33.6 Å². The Hall–Kier alpha value is -1.54. The summed E-state index contributed by atoms with van der Waals surface area (Å²) in [7, 11) is 0. The molecule has 2 rings (SSSR count). The van der Waals surface area contributed by atoms with Crippen LogP contribution in [-0.2, 0) is 4.79 Å². The second kappa shape index (κ2) is 6.95. The molecule has 0 aliphatic heterocycles. The van der Waals surface area contributed by atoms with Crippen LogP contribution in [0.1, 0.15) is 13.8 Å². The maximum Gasteiger partial charge on any atom is 0.230 e. The molecule has 8 heteroatoms. The Morgan fingerprint density at radius 3 is 2.90 bits per heavy atom. The molecule has 112 valence electrons. The van der Waals surface area contributed by atoms with E-state index in [0.29, 0.717) is 11.0 Å². The average Bonchev–Trinajstić information content (AvgIpc) is 2.77. The van der Waals surface area contributed by atoms with Gasteiger partial charge in [0.2, 0.25) is 11.1 Å². The van der Waals surface area contributed by atoms with Crippen molar-refractivity contribution in [2.24, 2.45) is 0 Å². The molecule has 0 saturated carbocycles. The number of nitrogens with one attached hydrogen (secondary N) is 1. The molecule has 0 aliphatic rings. The fraction of sp³-hybridized carbons (Fsp3) is 0.308. The highest BCUT2D eigenvalue weighted by molar-refractivity contribution is 9.10. The number of carbonyl (C=O) groups is 1. The normalized spacial score (nSPS) is 10.9. The number of hydrogen-bond donors (Lipinski definition) is 2. The predicted molar refractivity (Wildman–Crippen MR) is 87.3 cm³/mol. The quantitative estimate of drug-likeness (QED) is 0.622. The Morgan fingerprint density at radius 2 is 2.24 bits per heavy atom. The lowest BCUT2D eigenvalue weighted by Crippen LogP contribution is -2.31. The van der Waals surface area contributed by atoms with Gasteiger partial charge in [0.25, 0.3) is 0 Å². The van der Waals surface area contributed by atoms with E-state index in [0.717, 1.165) is 10.0 Å². The van der Waals surface area contributed by atoms with Crippen LogP contribution in [-0.4, -0.2) is 32.6 Å². The molecule has 1 amide bonds. The summed E-state index contributed by atoms with van der Waals surface area (Å²) in [6.45, 7) is 3.83. The van der Waals surface area contributed by atoms with E-state index in [-0.39, 0.29) is 17.7 Å². The summed E-state index contributed by atoms with van der Waals surface area (Å²) in [5, 5.41) is 11.4. The summed E-state index contributed by atoms with van der Waals surface area (Å²) in [6.07, 6.45) is 0. The maximum absolute atomic E-state index is 11.6. The van der Waals surface area contributed by atoms with Crippen LogP contribution >= 0.6 is 27.7 Å². The number of carbonyl (C=O) groups excluding carboxylic acids is 1. The molecule has 0 aliphatic carbocycles. The molecule has 1 aromatic heterocycles. The van der Waals surface area contributed by atoms with Crippen LogP contribution in [0.3, 0.4) is 0 Å². The molecule has 1 heterocycles. The van der Waals surface area contributed by atoms with E-state index in [1.54, 1.807) is 0 Å². The number of halogens is 1. The van der Waals surface area contributed by atoms with Gasteiger partial charge in [0.05, 0.1) is 5.75 Å². The molecule has 0 fully saturated rings. The van der Waals surface area contributed by atoms with Crippen molar-refractivity contribution in [2.45, 2.75) is 25.0 Å². The first-order valence-electron chi connectivity index (χ1n) is 6.36. The first-order valence-corrected chi connectivity index (χ1v) is 8.14. The fourth-order valence-corrected chi connectivity index (χ4v) is 2.76. The lowest BCUT2D eigenvalue weighted by molar-refractivity contribution is -0.119. The van der Waals surface area contributed by atoms with Crippen LogP contribution in [0.25, 0.3) is 11.4 Å². The van der Waals surface area contributed by atoms with Crippen LogP contribution in [0.5, 0.6) is 0 Å². The molecule has 0 radical (unpaired) electrons. The van der Waals surface area contributed by atoms with Gasteiger partial charge in [-0.05, 0) is 26.0 Å². The SMILES string of the molecule is CC(C)NC(=O)CSc1nnc(-c2cccc(Br)c2)n1N. The van der Waals surface area contributed by atoms with E-state index in [1.165, 1.54) is 16.4 Å². The van der Waals surface area contributed by atoms with Crippen molar-refractivity contribution in [1.29, 1.82) is 0 Å². The van der Waals surface area contributed by atoms with E-state index in [2.05, 4.69) is 31.4 Å². The van der Waals surface area contributed by atoms with Crippen molar-refractivity contribution in [1.82, 2.24) is 20.2 Å². The summed E-state index contributed by atoms with van der Waals surface area (Å²) < 4.78 is 2.34. The van der Waals surface area contributed by atoms with E-state index in [9.17, 15) is 4.79 Å². The third-order valence-corrected chi connectivity index (χ3v) is 3.97. The number of hydrogen-bond acceptors (Lipinski definition) is 5. The average molecular weight is 370 g/mol. The van der Waals surface area contributed by atoms with Gasteiger partial charge in [-0.3, -0.25) is 4.79 Å². The first-order chi connectivity index (χ1) is 9.97. The minimum atomic E-state index is -0.0537. The highest BCUT2D eigenvalue weighted by Crippen LogP contribution is 2.23. The largest absolute Gasteiger partial charge is 0.353 e. The predicted octanol–water partition coefficient (Wildman–Crippen LogP) is 2.04. The van der Waals surface area contributed by atoms with Gasteiger partial charge in [0.15, 0.2) is 5.82 Å². The first kappa shape index (κ1) is 15.8. The molecule has 0 unspecified atom stereocenters. The van der Waals surface area contributed by atoms with Gasteiger partial charge in [-0.2, -0.15) is 0 Å². The summed E-state index contributed by atoms with van der Waals surface area (Å²) in [5.41, 5.74) is 0.859. The van der Waals surface area contributed by atoms with Gasteiger partial charge in [0, 0.05) is 16.1 Å². The molecular formula is C13H16BrN5OS. The number of benzene rings is 1. The second-order valence-electron chi connectivity index (χ2n) is 4.70. The minimum absolute atomic E-state index is 0.0537. The number of rotatable bonds is 5. The third kappa shape index (κ3) is 4.21. The molecule has 0 bridgehead atoms. The molecule has 21 heavy (non-hydrogen) atoms. The maximum atomic E-state index is 11.6. The van der Waals surface area contributed by atoms with E-state index in [1.807, 2.05) is 38.1 Å². The van der Waals surface area contributed by atoms with Gasteiger partial charge in [-0.1, -0.05) is 39.8 Å². The van der Waals surface area contributed by atoms with Crippen molar-refractivity contribution in [3.8, 4) is 11.4 Å². The summed E-state index contributed by atoms with van der Waals surface area (Å²) in [4.78, 5) is 11.6. The number of thioether (sulfide) groups is 1. The molecule has 0 spiro atoms. The van der Waals surface area contributed by atoms with Gasteiger partial charge >= 0.3 is 0 Å². The van der Waals surface area contributed by atoms with E-state index >= 15 is 0 Å². The third-order valence-electron chi connectivity index (χ3n) is 2.53. The van der Waals surface area contributed by atoms with Crippen LogP contribution in [0.2, 0.25) is 0 Å². The van der Waals surface area contributed by atoms with E-state index in [4.69, 9.17) is 5.84 Å². The number of nitrogens with two attached hydrogens (primary N) is 1. The van der Waals surface area contributed by atoms with Crippen molar-refractivity contribution < 1.29 is 4.79 Å². The number of amides is 1. The number of aromatic nitrogens is 3. The van der Waals surface area contributed by atoms with Crippen LogP contribution < -0.4 is 11.2 Å². The van der Waals surface area contributed by atoms with Crippen LogP contribution in [0.15, 0.2) is 33.9 Å². The topological polar surface area (TPSA) is 85.8 Å². The highest BCUT2D eigenvalue weighted by Gasteiger charge is 2.14. The molecule has 2 aromatic rings. The van der Waals surface area contributed by atoms with Crippen molar-refractivity contribution in [3.05, 3.63) is 28.7 Å². The van der Waals surface area contributed by atoms with Gasteiger partial charge < -0.3 is 11.2 Å². The lowest BCUT2D eigenvalue weighted by Gasteiger charge is -2.07. The molecular weight excluding hydrogens is 354 g/mol. The Morgan fingerprint density at radius 1 is 1.48 bits per heavy atom. The van der Waals surface area contributed by atoms with Gasteiger partial charge in [-0.15, -0.1) is 10.2 Å². The standard InChI is InChI=1S/C13H16BrN5OS/c1-8(2)16-11(20)7-21-13-18-17-12(19(13)15)9-4-3-5-10(14)6-9/h3-6,8H,7,15H2,1-2H3,(H,16,20). The lowest BCUT2D eigenvalue weighted by atomic mass is 10.2. The van der Waals surface area contributed by atoms with Crippen LogP contribution in [0.4, 0.5) is 0 Å².